The van der Waals surface area contributed by atoms with Crippen LogP contribution in [0.15, 0.2) is 18.3 Å². The minimum atomic E-state index is -0.573. The molecule has 1 N–H and O–H groups in total. The first kappa shape index (κ1) is 7.74. The summed E-state index contributed by atoms with van der Waals surface area (Å²) in [4.78, 5) is 15.2. The monoisotopic (exact) mass is 173 g/mol. The molecule has 2 heterocycles. The van der Waals surface area contributed by atoms with Crippen LogP contribution >= 0.6 is 0 Å². The molecule has 2 rings (SSSR count). The van der Waals surface area contributed by atoms with Gasteiger partial charge in [0.1, 0.15) is 11.7 Å². The number of rotatable bonds is 0. The lowest BCUT2D eigenvalue weighted by atomic mass is 9.97. The predicted octanol–water partition coefficient (Wildman–Crippen LogP) is 0.716. The van der Waals surface area contributed by atoms with Crippen LogP contribution < -0.4 is 5.32 Å². The zero-order valence-electron chi connectivity index (χ0n) is 6.82. The minimum Gasteiger partial charge on any atom is -0.309 e. The number of anilines is 1. The summed E-state index contributed by atoms with van der Waals surface area (Å²) >= 11 is 0. The number of carbonyl (C=O) groups is 1. The molecule has 0 saturated carbocycles. The van der Waals surface area contributed by atoms with Gasteiger partial charge in [-0.2, -0.15) is 5.26 Å². The zero-order chi connectivity index (χ0) is 9.26. The van der Waals surface area contributed by atoms with Crippen LogP contribution in [-0.4, -0.2) is 10.9 Å². The SMILES string of the molecule is N#CC1Cc2cccnc2NC1=O. The van der Waals surface area contributed by atoms with E-state index in [-0.39, 0.29) is 5.91 Å². The summed E-state index contributed by atoms with van der Waals surface area (Å²) in [5.74, 6) is -0.246. The Bertz CT molecular complexity index is 394. The van der Waals surface area contributed by atoms with Gasteiger partial charge in [0.05, 0.1) is 6.07 Å². The fraction of sp³-hybridized carbons (Fsp3) is 0.222. The van der Waals surface area contributed by atoms with Crippen LogP contribution in [0.4, 0.5) is 5.82 Å². The van der Waals surface area contributed by atoms with Gasteiger partial charge in [-0.25, -0.2) is 4.98 Å². The van der Waals surface area contributed by atoms with Gasteiger partial charge < -0.3 is 5.32 Å². The molecule has 0 spiro atoms. The predicted molar refractivity (Wildman–Crippen MR) is 45.7 cm³/mol. The Morgan fingerprint density at radius 1 is 1.69 bits per heavy atom. The molecular weight excluding hydrogens is 166 g/mol. The van der Waals surface area contributed by atoms with Gasteiger partial charge in [-0.3, -0.25) is 4.79 Å². The lowest BCUT2D eigenvalue weighted by Gasteiger charge is -2.18. The van der Waals surface area contributed by atoms with Crippen LogP contribution in [-0.2, 0) is 11.2 Å². The number of fused-ring (bicyclic) bond motifs is 1. The van der Waals surface area contributed by atoms with Crippen molar-refractivity contribution in [3.63, 3.8) is 0 Å². The van der Waals surface area contributed by atoms with Crippen molar-refractivity contribution < 1.29 is 4.79 Å². The van der Waals surface area contributed by atoms with Gasteiger partial charge in [-0.1, -0.05) is 6.07 Å². The standard InChI is InChI=1S/C9H7N3O/c10-5-7-4-6-2-1-3-11-8(6)12-9(7)13/h1-3,7H,4H2,(H,11,12,13). The molecule has 1 atom stereocenters. The number of nitrogens with one attached hydrogen (secondary N) is 1. The number of hydrogen-bond acceptors (Lipinski definition) is 3. The first-order chi connectivity index (χ1) is 6.31. The zero-order valence-corrected chi connectivity index (χ0v) is 6.82. The summed E-state index contributed by atoms with van der Waals surface area (Å²) in [5, 5.41) is 11.2. The molecule has 1 amide bonds. The van der Waals surface area contributed by atoms with Crippen LogP contribution in [0.2, 0.25) is 0 Å². The largest absolute Gasteiger partial charge is 0.309 e. The van der Waals surface area contributed by atoms with E-state index in [9.17, 15) is 4.79 Å². The third-order valence-electron chi connectivity index (χ3n) is 2.03. The highest BCUT2D eigenvalue weighted by molar-refractivity contribution is 5.96. The van der Waals surface area contributed by atoms with E-state index >= 15 is 0 Å². The molecule has 4 heteroatoms. The molecule has 1 aromatic rings. The van der Waals surface area contributed by atoms with Crippen LogP contribution in [0.1, 0.15) is 5.56 Å². The highest BCUT2D eigenvalue weighted by Gasteiger charge is 2.25. The van der Waals surface area contributed by atoms with Crippen molar-refractivity contribution in [3.05, 3.63) is 23.9 Å². The molecule has 0 saturated heterocycles. The quantitative estimate of drug-likeness (QED) is 0.628. The van der Waals surface area contributed by atoms with E-state index in [0.29, 0.717) is 12.2 Å². The summed E-state index contributed by atoms with van der Waals surface area (Å²) in [5.41, 5.74) is 0.925. The Kier molecular flexibility index (Phi) is 1.71. The van der Waals surface area contributed by atoms with Crippen molar-refractivity contribution in [1.29, 1.82) is 5.26 Å². The molecule has 1 unspecified atom stereocenters. The molecule has 1 aromatic heterocycles. The molecule has 13 heavy (non-hydrogen) atoms. The van der Waals surface area contributed by atoms with Crippen molar-refractivity contribution in [2.45, 2.75) is 6.42 Å². The molecule has 4 nitrogen and oxygen atoms in total. The van der Waals surface area contributed by atoms with Gasteiger partial charge in [0.15, 0.2) is 0 Å². The highest BCUT2D eigenvalue weighted by atomic mass is 16.2. The third-order valence-corrected chi connectivity index (χ3v) is 2.03. The van der Waals surface area contributed by atoms with Crippen LogP contribution in [0.3, 0.4) is 0 Å². The second kappa shape index (κ2) is 2.87. The van der Waals surface area contributed by atoms with Crippen LogP contribution in [0.5, 0.6) is 0 Å². The van der Waals surface area contributed by atoms with E-state index < -0.39 is 5.92 Å². The Labute approximate surface area is 75.2 Å². The molecule has 0 aromatic carbocycles. The maximum absolute atomic E-state index is 11.2. The number of nitriles is 1. The van der Waals surface area contributed by atoms with Crippen molar-refractivity contribution in [2.75, 3.05) is 5.32 Å². The van der Waals surface area contributed by atoms with Crippen molar-refractivity contribution in [3.8, 4) is 6.07 Å². The van der Waals surface area contributed by atoms with Gasteiger partial charge >= 0.3 is 0 Å². The molecule has 1 aliphatic heterocycles. The summed E-state index contributed by atoms with van der Waals surface area (Å²) in [6.07, 6.45) is 2.08. The maximum Gasteiger partial charge on any atom is 0.243 e. The maximum atomic E-state index is 11.2. The number of nitrogens with zero attached hydrogens (tertiary/aromatic N) is 2. The van der Waals surface area contributed by atoms with Gasteiger partial charge in [-0.05, 0) is 11.6 Å². The fourth-order valence-electron chi connectivity index (χ4n) is 1.34. The second-order valence-electron chi connectivity index (χ2n) is 2.89. The van der Waals surface area contributed by atoms with E-state index in [1.54, 1.807) is 12.3 Å². The van der Waals surface area contributed by atoms with Gasteiger partial charge in [0.2, 0.25) is 5.91 Å². The summed E-state index contributed by atoms with van der Waals surface area (Å²) < 4.78 is 0. The fourth-order valence-corrected chi connectivity index (χ4v) is 1.34. The number of pyridine rings is 1. The normalized spacial score (nSPS) is 19.9. The highest BCUT2D eigenvalue weighted by Crippen LogP contribution is 2.22. The Balaban J connectivity index is 2.39. The van der Waals surface area contributed by atoms with E-state index in [1.807, 2.05) is 12.1 Å². The molecule has 0 fully saturated rings. The number of aromatic nitrogens is 1. The first-order valence-electron chi connectivity index (χ1n) is 3.95. The van der Waals surface area contributed by atoms with Crippen LogP contribution in [0, 0.1) is 17.2 Å². The van der Waals surface area contributed by atoms with E-state index in [1.165, 1.54) is 0 Å². The third kappa shape index (κ3) is 1.25. The molecular formula is C9H7N3O. The molecule has 0 bridgehead atoms. The minimum absolute atomic E-state index is 0.256. The van der Waals surface area contributed by atoms with E-state index in [2.05, 4.69) is 10.3 Å². The molecule has 0 aliphatic carbocycles. The molecule has 64 valence electrons. The molecule has 0 radical (unpaired) electrons. The lowest BCUT2D eigenvalue weighted by molar-refractivity contribution is -0.118. The van der Waals surface area contributed by atoms with Crippen molar-refractivity contribution >= 4 is 11.7 Å². The van der Waals surface area contributed by atoms with Crippen molar-refractivity contribution in [2.24, 2.45) is 5.92 Å². The summed E-state index contributed by atoms with van der Waals surface area (Å²) in [6, 6.07) is 5.62. The van der Waals surface area contributed by atoms with Crippen LogP contribution in [0.25, 0.3) is 0 Å². The number of carbonyl (C=O) groups excluding carboxylic acids is 1. The Morgan fingerprint density at radius 2 is 2.54 bits per heavy atom. The van der Waals surface area contributed by atoms with Gasteiger partial charge in [-0.15, -0.1) is 0 Å². The average Bonchev–Trinajstić information content (AvgIpc) is 2.17. The van der Waals surface area contributed by atoms with Gasteiger partial charge in [0.25, 0.3) is 0 Å². The van der Waals surface area contributed by atoms with E-state index in [4.69, 9.17) is 5.26 Å². The Hall–Kier alpha value is -1.89. The van der Waals surface area contributed by atoms with Gasteiger partial charge in [0, 0.05) is 12.6 Å². The Morgan fingerprint density at radius 3 is 3.31 bits per heavy atom. The number of amides is 1. The average molecular weight is 173 g/mol. The van der Waals surface area contributed by atoms with Crippen molar-refractivity contribution in [1.82, 2.24) is 4.98 Å². The lowest BCUT2D eigenvalue weighted by Crippen LogP contribution is -2.29. The molecule has 1 aliphatic rings. The summed E-state index contributed by atoms with van der Waals surface area (Å²) in [7, 11) is 0. The first-order valence-corrected chi connectivity index (χ1v) is 3.95. The topological polar surface area (TPSA) is 65.8 Å². The number of hydrogen-bond donors (Lipinski definition) is 1. The summed E-state index contributed by atoms with van der Waals surface area (Å²) in [6.45, 7) is 0. The van der Waals surface area contributed by atoms with E-state index in [0.717, 1.165) is 5.56 Å². The smallest absolute Gasteiger partial charge is 0.243 e. The second-order valence-corrected chi connectivity index (χ2v) is 2.89.